The lowest BCUT2D eigenvalue weighted by atomic mass is 9.97. The van der Waals surface area contributed by atoms with Gasteiger partial charge in [0.05, 0.1) is 17.8 Å². The van der Waals surface area contributed by atoms with Crippen LogP contribution in [0.15, 0.2) is 12.4 Å². The summed E-state index contributed by atoms with van der Waals surface area (Å²) in [6.07, 6.45) is 6.29. The first-order valence-corrected chi connectivity index (χ1v) is 5.57. The topological polar surface area (TPSA) is 72.9 Å². The van der Waals surface area contributed by atoms with Crippen LogP contribution in [0.5, 0.6) is 0 Å². The minimum absolute atomic E-state index is 0.263. The van der Waals surface area contributed by atoms with Crippen LogP contribution in [-0.4, -0.2) is 28.3 Å². The van der Waals surface area contributed by atoms with Gasteiger partial charge in [-0.2, -0.15) is 5.10 Å². The number of primary amides is 1. The van der Waals surface area contributed by atoms with Crippen LogP contribution in [0.4, 0.5) is 0 Å². The number of carbonyl (C=O) groups is 1. The molecule has 5 nitrogen and oxygen atoms in total. The second kappa shape index (κ2) is 3.90. The lowest BCUT2D eigenvalue weighted by Crippen LogP contribution is -2.52. The molecule has 1 amide bonds. The molecule has 0 bridgehead atoms. The van der Waals surface area contributed by atoms with Crippen LogP contribution < -0.4 is 11.1 Å². The number of aromatic nitrogens is 2. The van der Waals surface area contributed by atoms with Crippen molar-refractivity contribution in [1.29, 1.82) is 0 Å². The van der Waals surface area contributed by atoms with E-state index in [0.29, 0.717) is 0 Å². The summed E-state index contributed by atoms with van der Waals surface area (Å²) >= 11 is 0. The fourth-order valence-electron chi connectivity index (χ4n) is 2.45. The van der Waals surface area contributed by atoms with Gasteiger partial charge in [0.25, 0.3) is 0 Å². The van der Waals surface area contributed by atoms with Gasteiger partial charge in [0.15, 0.2) is 0 Å². The van der Waals surface area contributed by atoms with Gasteiger partial charge in [-0.15, -0.1) is 0 Å². The molecule has 5 heteroatoms. The van der Waals surface area contributed by atoms with E-state index >= 15 is 0 Å². The van der Waals surface area contributed by atoms with Gasteiger partial charge < -0.3 is 11.1 Å². The smallest absolute Gasteiger partial charge is 0.237 e. The Bertz CT molecular complexity index is 400. The molecule has 1 saturated carbocycles. The van der Waals surface area contributed by atoms with Crippen LogP contribution in [0.3, 0.4) is 0 Å². The zero-order valence-corrected chi connectivity index (χ0v) is 9.73. The summed E-state index contributed by atoms with van der Waals surface area (Å²) in [7, 11) is 1.79. The van der Waals surface area contributed by atoms with E-state index in [2.05, 4.69) is 10.4 Å². The van der Waals surface area contributed by atoms with E-state index < -0.39 is 5.54 Å². The second-order valence-corrected chi connectivity index (χ2v) is 4.59. The number of nitrogens with zero attached hydrogens (tertiary/aromatic N) is 2. The van der Waals surface area contributed by atoms with Crippen molar-refractivity contribution in [2.45, 2.75) is 37.8 Å². The number of carbonyl (C=O) groups excluding carboxylic acids is 1. The lowest BCUT2D eigenvalue weighted by Gasteiger charge is -2.24. The Balaban J connectivity index is 2.16. The number of amides is 1. The molecule has 16 heavy (non-hydrogen) atoms. The van der Waals surface area contributed by atoms with Crippen molar-refractivity contribution >= 4 is 5.91 Å². The standard InChI is InChI=1S/C11H18N4O/c1-8-6-14-15(7-8)9-3-4-11(5-9,13-2)10(12)16/h6-7,9,13H,3-5H2,1-2H3,(H2,12,16). The van der Waals surface area contributed by atoms with Gasteiger partial charge in [0.1, 0.15) is 0 Å². The number of hydrogen-bond acceptors (Lipinski definition) is 3. The summed E-state index contributed by atoms with van der Waals surface area (Å²) < 4.78 is 1.94. The molecule has 1 aliphatic rings. The van der Waals surface area contributed by atoms with Gasteiger partial charge >= 0.3 is 0 Å². The van der Waals surface area contributed by atoms with Crippen LogP contribution in [0.25, 0.3) is 0 Å². The molecule has 0 aliphatic heterocycles. The Morgan fingerprint density at radius 1 is 1.75 bits per heavy atom. The van der Waals surface area contributed by atoms with E-state index in [9.17, 15) is 4.79 Å². The average Bonchev–Trinajstić information content (AvgIpc) is 2.84. The molecule has 0 aromatic carbocycles. The molecular weight excluding hydrogens is 204 g/mol. The first-order chi connectivity index (χ1) is 7.57. The van der Waals surface area contributed by atoms with Gasteiger partial charge in [-0.3, -0.25) is 9.48 Å². The predicted octanol–water partition coefficient (Wildman–Crippen LogP) is 0.360. The highest BCUT2D eigenvalue weighted by atomic mass is 16.1. The minimum Gasteiger partial charge on any atom is -0.368 e. The van der Waals surface area contributed by atoms with E-state index in [1.54, 1.807) is 7.05 Å². The fraction of sp³-hybridized carbons (Fsp3) is 0.636. The summed E-state index contributed by atoms with van der Waals surface area (Å²) in [4.78, 5) is 11.5. The number of aryl methyl sites for hydroxylation is 1. The molecule has 1 aromatic heterocycles. The molecule has 1 heterocycles. The zero-order chi connectivity index (χ0) is 11.8. The summed E-state index contributed by atoms with van der Waals surface area (Å²) in [6, 6.07) is 0.272. The van der Waals surface area contributed by atoms with E-state index in [0.717, 1.165) is 24.8 Å². The van der Waals surface area contributed by atoms with E-state index in [-0.39, 0.29) is 11.9 Å². The molecule has 88 valence electrons. The highest BCUT2D eigenvalue weighted by molar-refractivity contribution is 5.85. The number of nitrogens with one attached hydrogen (secondary N) is 1. The fourth-order valence-corrected chi connectivity index (χ4v) is 2.45. The monoisotopic (exact) mass is 222 g/mol. The lowest BCUT2D eigenvalue weighted by molar-refractivity contribution is -0.124. The summed E-state index contributed by atoms with van der Waals surface area (Å²) in [5.74, 6) is -0.263. The zero-order valence-electron chi connectivity index (χ0n) is 9.73. The quantitative estimate of drug-likeness (QED) is 0.775. The Labute approximate surface area is 95.0 Å². The number of hydrogen-bond donors (Lipinski definition) is 2. The minimum atomic E-state index is -0.551. The normalized spacial score (nSPS) is 29.5. The molecule has 2 rings (SSSR count). The number of rotatable bonds is 3. The highest BCUT2D eigenvalue weighted by Crippen LogP contribution is 2.37. The van der Waals surface area contributed by atoms with Gasteiger partial charge in [-0.05, 0) is 38.8 Å². The van der Waals surface area contributed by atoms with Gasteiger partial charge in [0.2, 0.25) is 5.91 Å². The molecular formula is C11H18N4O. The maximum absolute atomic E-state index is 11.5. The first-order valence-electron chi connectivity index (χ1n) is 5.57. The van der Waals surface area contributed by atoms with Crippen LogP contribution in [0.2, 0.25) is 0 Å². The second-order valence-electron chi connectivity index (χ2n) is 4.59. The Morgan fingerprint density at radius 3 is 2.94 bits per heavy atom. The molecule has 0 saturated heterocycles. The van der Waals surface area contributed by atoms with Crippen molar-refractivity contribution in [1.82, 2.24) is 15.1 Å². The Kier molecular flexibility index (Phi) is 2.71. The Hall–Kier alpha value is -1.36. The third-order valence-electron chi connectivity index (χ3n) is 3.54. The Morgan fingerprint density at radius 2 is 2.50 bits per heavy atom. The SMILES string of the molecule is CNC1(C(N)=O)CCC(n2cc(C)cn2)C1. The van der Waals surface area contributed by atoms with Crippen LogP contribution in [0, 0.1) is 6.92 Å². The van der Waals surface area contributed by atoms with Crippen molar-refractivity contribution in [3.05, 3.63) is 18.0 Å². The third-order valence-corrected chi connectivity index (χ3v) is 3.54. The van der Waals surface area contributed by atoms with Gasteiger partial charge in [-0.25, -0.2) is 0 Å². The average molecular weight is 222 g/mol. The first kappa shape index (κ1) is 11.1. The number of likely N-dealkylation sites (N-methyl/N-ethyl adjacent to an activating group) is 1. The molecule has 0 spiro atoms. The van der Waals surface area contributed by atoms with Crippen molar-refractivity contribution in [3.63, 3.8) is 0 Å². The summed E-state index contributed by atoms with van der Waals surface area (Å²) in [6.45, 7) is 2.01. The van der Waals surface area contributed by atoms with Crippen molar-refractivity contribution in [2.75, 3.05) is 7.05 Å². The molecule has 1 aromatic rings. The van der Waals surface area contributed by atoms with E-state index in [1.807, 2.05) is 24.0 Å². The summed E-state index contributed by atoms with van der Waals surface area (Å²) in [5, 5.41) is 7.36. The molecule has 1 aliphatic carbocycles. The van der Waals surface area contributed by atoms with Crippen LogP contribution in [-0.2, 0) is 4.79 Å². The molecule has 0 radical (unpaired) electrons. The molecule has 2 unspecified atom stereocenters. The van der Waals surface area contributed by atoms with E-state index in [1.165, 1.54) is 0 Å². The maximum atomic E-state index is 11.5. The van der Waals surface area contributed by atoms with Crippen LogP contribution in [0.1, 0.15) is 30.9 Å². The van der Waals surface area contributed by atoms with E-state index in [4.69, 9.17) is 5.73 Å². The molecule has 2 atom stereocenters. The summed E-state index contributed by atoms with van der Waals surface area (Å²) in [5.41, 5.74) is 6.05. The highest BCUT2D eigenvalue weighted by Gasteiger charge is 2.43. The predicted molar refractivity (Wildman–Crippen MR) is 60.8 cm³/mol. The van der Waals surface area contributed by atoms with Gasteiger partial charge in [-0.1, -0.05) is 0 Å². The third kappa shape index (κ3) is 1.71. The van der Waals surface area contributed by atoms with Crippen molar-refractivity contribution in [2.24, 2.45) is 5.73 Å². The molecule has 1 fully saturated rings. The maximum Gasteiger partial charge on any atom is 0.237 e. The van der Waals surface area contributed by atoms with Crippen LogP contribution >= 0.6 is 0 Å². The largest absolute Gasteiger partial charge is 0.368 e. The van der Waals surface area contributed by atoms with Crippen molar-refractivity contribution < 1.29 is 4.79 Å². The van der Waals surface area contributed by atoms with Crippen molar-refractivity contribution in [3.8, 4) is 0 Å². The number of nitrogens with two attached hydrogens (primary N) is 1. The van der Waals surface area contributed by atoms with Gasteiger partial charge in [0, 0.05) is 6.20 Å². The molecule has 3 N–H and O–H groups in total.